The molecule has 2 rings (SSSR count). The van der Waals surface area contributed by atoms with Gasteiger partial charge in [-0.1, -0.05) is 29.3 Å². The fourth-order valence-corrected chi connectivity index (χ4v) is 2.73. The SMILES string of the molecule is CC(C)(C)OC(=O)N1CCN(/C=C/C(=O)c2cccc(Cl)c2Cl)CC1. The highest BCUT2D eigenvalue weighted by atomic mass is 35.5. The zero-order valence-electron chi connectivity index (χ0n) is 14.6. The number of allylic oxidation sites excluding steroid dienone is 1. The Morgan fingerprint density at radius 3 is 2.36 bits per heavy atom. The summed E-state index contributed by atoms with van der Waals surface area (Å²) in [6, 6.07) is 4.97. The molecule has 5 nitrogen and oxygen atoms in total. The summed E-state index contributed by atoms with van der Waals surface area (Å²) in [6.07, 6.45) is 2.89. The largest absolute Gasteiger partial charge is 0.444 e. The first-order valence-corrected chi connectivity index (χ1v) is 8.81. The second kappa shape index (κ2) is 8.11. The molecule has 1 heterocycles. The predicted octanol–water partition coefficient (Wildman–Crippen LogP) is 4.24. The second-order valence-corrected chi connectivity index (χ2v) is 7.57. The maximum absolute atomic E-state index is 12.2. The molecule has 1 aliphatic rings. The van der Waals surface area contributed by atoms with Crippen LogP contribution in [0.2, 0.25) is 10.0 Å². The Balaban J connectivity index is 1.89. The van der Waals surface area contributed by atoms with Crippen molar-refractivity contribution in [2.75, 3.05) is 26.2 Å². The molecule has 1 saturated heterocycles. The number of hydrogen-bond acceptors (Lipinski definition) is 4. The number of carbonyl (C=O) groups excluding carboxylic acids is 2. The van der Waals surface area contributed by atoms with Gasteiger partial charge in [0.25, 0.3) is 0 Å². The zero-order chi connectivity index (χ0) is 18.6. The van der Waals surface area contributed by atoms with E-state index in [-0.39, 0.29) is 16.9 Å². The van der Waals surface area contributed by atoms with Crippen LogP contribution in [0, 0.1) is 0 Å². The van der Waals surface area contributed by atoms with Gasteiger partial charge in [-0.25, -0.2) is 4.79 Å². The summed E-state index contributed by atoms with van der Waals surface area (Å²) in [5, 5.41) is 0.612. The Bertz CT molecular complexity index is 675. The molecule has 25 heavy (non-hydrogen) atoms. The molecule has 0 saturated carbocycles. The highest BCUT2D eigenvalue weighted by Gasteiger charge is 2.25. The molecule has 0 unspecified atom stereocenters. The Morgan fingerprint density at radius 1 is 1.12 bits per heavy atom. The molecule has 0 atom stereocenters. The second-order valence-electron chi connectivity index (χ2n) is 6.78. The third-order valence-electron chi connectivity index (χ3n) is 3.62. The number of amides is 1. The summed E-state index contributed by atoms with van der Waals surface area (Å²) >= 11 is 12.0. The molecule has 1 amide bonds. The van der Waals surface area contributed by atoms with E-state index in [0.717, 1.165) is 0 Å². The first kappa shape index (κ1) is 19.6. The van der Waals surface area contributed by atoms with Crippen LogP contribution in [0.25, 0.3) is 0 Å². The van der Waals surface area contributed by atoms with Crippen LogP contribution in [0.1, 0.15) is 31.1 Å². The fraction of sp³-hybridized carbons (Fsp3) is 0.444. The smallest absolute Gasteiger partial charge is 0.410 e. The minimum Gasteiger partial charge on any atom is -0.444 e. The lowest BCUT2D eigenvalue weighted by Crippen LogP contribution is -2.48. The minimum absolute atomic E-state index is 0.206. The van der Waals surface area contributed by atoms with Gasteiger partial charge in [0, 0.05) is 44.0 Å². The summed E-state index contributed by atoms with van der Waals surface area (Å²) < 4.78 is 5.36. The lowest BCUT2D eigenvalue weighted by molar-refractivity contribution is 0.0176. The van der Waals surface area contributed by atoms with Crippen molar-refractivity contribution in [3.8, 4) is 0 Å². The molecule has 1 aliphatic heterocycles. The van der Waals surface area contributed by atoms with Crippen molar-refractivity contribution in [1.82, 2.24) is 9.80 Å². The molecule has 0 spiro atoms. The zero-order valence-corrected chi connectivity index (χ0v) is 16.1. The van der Waals surface area contributed by atoms with Crippen molar-refractivity contribution in [3.05, 3.63) is 46.1 Å². The van der Waals surface area contributed by atoms with E-state index in [0.29, 0.717) is 36.8 Å². The van der Waals surface area contributed by atoms with Crippen LogP contribution in [0.4, 0.5) is 4.79 Å². The molecule has 1 aromatic carbocycles. The van der Waals surface area contributed by atoms with Crippen LogP contribution in [-0.4, -0.2) is 53.5 Å². The van der Waals surface area contributed by atoms with Gasteiger partial charge in [-0.05, 0) is 32.9 Å². The number of ether oxygens (including phenoxy) is 1. The number of piperazine rings is 1. The maximum atomic E-state index is 12.2. The Hall–Kier alpha value is -1.72. The quantitative estimate of drug-likeness (QED) is 0.577. The molecule has 7 heteroatoms. The summed E-state index contributed by atoms with van der Waals surface area (Å²) in [4.78, 5) is 27.9. The van der Waals surface area contributed by atoms with Gasteiger partial charge in [-0.2, -0.15) is 0 Å². The third kappa shape index (κ3) is 5.65. The molecule has 0 aromatic heterocycles. The molecular formula is C18H22Cl2N2O3. The van der Waals surface area contributed by atoms with Crippen LogP contribution in [0.15, 0.2) is 30.5 Å². The normalized spacial score (nSPS) is 15.6. The molecule has 0 N–H and O–H groups in total. The van der Waals surface area contributed by atoms with Crippen LogP contribution >= 0.6 is 23.2 Å². The van der Waals surface area contributed by atoms with Gasteiger partial charge in [0.1, 0.15) is 5.60 Å². The highest BCUT2D eigenvalue weighted by Crippen LogP contribution is 2.26. The van der Waals surface area contributed by atoms with Gasteiger partial charge < -0.3 is 14.5 Å². The Labute approximate surface area is 158 Å². The first-order chi connectivity index (χ1) is 11.7. The van der Waals surface area contributed by atoms with Gasteiger partial charge in [0.15, 0.2) is 5.78 Å². The van der Waals surface area contributed by atoms with Crippen molar-refractivity contribution in [3.63, 3.8) is 0 Å². The van der Waals surface area contributed by atoms with Gasteiger partial charge in [0.05, 0.1) is 10.0 Å². The first-order valence-electron chi connectivity index (χ1n) is 8.06. The third-order valence-corrected chi connectivity index (χ3v) is 4.44. The summed E-state index contributed by atoms with van der Waals surface area (Å²) in [7, 11) is 0. The molecule has 0 aliphatic carbocycles. The molecule has 0 radical (unpaired) electrons. The number of hydrogen-bond donors (Lipinski definition) is 0. The van der Waals surface area contributed by atoms with Gasteiger partial charge in [-0.3, -0.25) is 4.79 Å². The Kier molecular flexibility index (Phi) is 6.36. The Morgan fingerprint density at radius 2 is 1.76 bits per heavy atom. The average molecular weight is 385 g/mol. The highest BCUT2D eigenvalue weighted by molar-refractivity contribution is 6.44. The topological polar surface area (TPSA) is 49.9 Å². The summed E-state index contributed by atoms with van der Waals surface area (Å²) in [6.45, 7) is 7.89. The monoisotopic (exact) mass is 384 g/mol. The van der Waals surface area contributed by atoms with E-state index >= 15 is 0 Å². The predicted molar refractivity (Wildman–Crippen MR) is 99.3 cm³/mol. The van der Waals surface area contributed by atoms with E-state index in [1.807, 2.05) is 25.7 Å². The lowest BCUT2D eigenvalue weighted by atomic mass is 10.1. The van der Waals surface area contributed by atoms with E-state index < -0.39 is 5.60 Å². The molecule has 1 aromatic rings. The maximum Gasteiger partial charge on any atom is 0.410 e. The van der Waals surface area contributed by atoms with Crippen LogP contribution in [0.3, 0.4) is 0 Å². The number of ketones is 1. The van der Waals surface area contributed by atoms with Crippen molar-refractivity contribution in [1.29, 1.82) is 0 Å². The molecule has 0 bridgehead atoms. The van der Waals surface area contributed by atoms with E-state index in [4.69, 9.17) is 27.9 Å². The van der Waals surface area contributed by atoms with Crippen molar-refractivity contribution < 1.29 is 14.3 Å². The van der Waals surface area contributed by atoms with E-state index in [1.165, 1.54) is 6.08 Å². The van der Waals surface area contributed by atoms with Crippen molar-refractivity contribution in [2.24, 2.45) is 0 Å². The van der Waals surface area contributed by atoms with Crippen LogP contribution in [0.5, 0.6) is 0 Å². The number of rotatable bonds is 3. The van der Waals surface area contributed by atoms with E-state index in [9.17, 15) is 9.59 Å². The van der Waals surface area contributed by atoms with Crippen LogP contribution in [-0.2, 0) is 4.74 Å². The van der Waals surface area contributed by atoms with Gasteiger partial charge >= 0.3 is 6.09 Å². The average Bonchev–Trinajstić information content (AvgIpc) is 2.54. The number of carbonyl (C=O) groups is 2. The summed E-state index contributed by atoms with van der Waals surface area (Å²) in [5.41, 5.74) is -0.130. The fourth-order valence-electron chi connectivity index (χ4n) is 2.34. The molecule has 1 fully saturated rings. The number of benzene rings is 1. The minimum atomic E-state index is -0.503. The van der Waals surface area contributed by atoms with Crippen molar-refractivity contribution >= 4 is 35.1 Å². The lowest BCUT2D eigenvalue weighted by Gasteiger charge is -2.35. The van der Waals surface area contributed by atoms with Crippen LogP contribution < -0.4 is 0 Å². The number of nitrogens with zero attached hydrogens (tertiary/aromatic N) is 2. The van der Waals surface area contributed by atoms with E-state index in [1.54, 1.807) is 29.3 Å². The molecule has 136 valence electrons. The molecular weight excluding hydrogens is 363 g/mol. The van der Waals surface area contributed by atoms with Gasteiger partial charge in [-0.15, -0.1) is 0 Å². The standard InChI is InChI=1S/C18H22Cl2N2O3/c1-18(2,3)25-17(24)22-11-9-21(10-12-22)8-7-15(23)13-5-4-6-14(19)16(13)20/h4-8H,9-12H2,1-3H3/b8-7+. The summed E-state index contributed by atoms with van der Waals surface area (Å²) in [5.74, 6) is -0.206. The van der Waals surface area contributed by atoms with Gasteiger partial charge in [0.2, 0.25) is 0 Å². The number of halogens is 2. The van der Waals surface area contributed by atoms with E-state index in [2.05, 4.69) is 0 Å². The van der Waals surface area contributed by atoms with Crippen molar-refractivity contribution in [2.45, 2.75) is 26.4 Å².